The van der Waals surface area contributed by atoms with Crippen molar-refractivity contribution in [3.63, 3.8) is 0 Å². The van der Waals surface area contributed by atoms with Crippen molar-refractivity contribution >= 4 is 11.6 Å². The number of carbonyl (C=O) groups excluding carboxylic acids is 1. The van der Waals surface area contributed by atoms with E-state index in [0.717, 1.165) is 30.9 Å². The van der Waals surface area contributed by atoms with Crippen LogP contribution in [0.15, 0.2) is 12.3 Å². The van der Waals surface area contributed by atoms with Gasteiger partial charge in [-0.25, -0.2) is 9.50 Å². The van der Waals surface area contributed by atoms with E-state index < -0.39 is 0 Å². The van der Waals surface area contributed by atoms with E-state index in [9.17, 15) is 4.79 Å². The summed E-state index contributed by atoms with van der Waals surface area (Å²) < 4.78 is 1.74. The first-order valence-electron chi connectivity index (χ1n) is 7.17. The van der Waals surface area contributed by atoms with Crippen molar-refractivity contribution in [1.29, 1.82) is 0 Å². The minimum absolute atomic E-state index is 0.0593. The zero-order valence-electron chi connectivity index (χ0n) is 12.3. The van der Waals surface area contributed by atoms with Crippen LogP contribution in [0.25, 0.3) is 5.65 Å². The molecule has 3 rings (SSSR count). The molecule has 1 atom stereocenters. The fourth-order valence-electron chi connectivity index (χ4n) is 2.97. The number of fused-ring (bicyclic) bond motifs is 1. The summed E-state index contributed by atoms with van der Waals surface area (Å²) in [4.78, 5) is 19.1. The highest BCUT2D eigenvalue weighted by molar-refractivity contribution is 5.99. The minimum Gasteiger partial charge on any atom is -0.338 e. The Balaban J connectivity index is 1.99. The summed E-state index contributed by atoms with van der Waals surface area (Å²) in [5.74, 6) is 0.634. The first kappa shape index (κ1) is 13.1. The Bertz CT molecular complexity index is 661. The minimum atomic E-state index is 0.0593. The van der Waals surface area contributed by atoms with Gasteiger partial charge in [-0.15, -0.1) is 0 Å². The molecule has 5 nitrogen and oxygen atoms in total. The molecule has 2 aromatic rings. The summed E-state index contributed by atoms with van der Waals surface area (Å²) >= 11 is 0. The highest BCUT2D eigenvalue weighted by atomic mass is 16.2. The van der Waals surface area contributed by atoms with Gasteiger partial charge in [-0.2, -0.15) is 5.10 Å². The number of carbonyl (C=O) groups is 1. The maximum atomic E-state index is 12.7. The summed E-state index contributed by atoms with van der Waals surface area (Å²) in [5, 5.41) is 4.30. The van der Waals surface area contributed by atoms with Crippen molar-refractivity contribution in [3.05, 3.63) is 29.2 Å². The Morgan fingerprint density at radius 3 is 2.95 bits per heavy atom. The molecule has 1 aliphatic heterocycles. The lowest BCUT2D eigenvalue weighted by Crippen LogP contribution is -2.39. The maximum absolute atomic E-state index is 12.7. The molecule has 0 unspecified atom stereocenters. The predicted octanol–water partition coefficient (Wildman–Crippen LogP) is 2.22. The average molecular weight is 272 g/mol. The Kier molecular flexibility index (Phi) is 3.20. The van der Waals surface area contributed by atoms with Gasteiger partial charge in [0.15, 0.2) is 5.65 Å². The molecule has 1 saturated heterocycles. The fourth-order valence-corrected chi connectivity index (χ4v) is 2.97. The number of hydrogen-bond donors (Lipinski definition) is 0. The van der Waals surface area contributed by atoms with E-state index in [-0.39, 0.29) is 5.91 Å². The molecule has 0 radical (unpaired) electrons. The van der Waals surface area contributed by atoms with Crippen molar-refractivity contribution in [2.45, 2.75) is 33.6 Å². The van der Waals surface area contributed by atoms with Crippen LogP contribution in [0.5, 0.6) is 0 Å². The third-order valence-electron chi connectivity index (χ3n) is 3.95. The van der Waals surface area contributed by atoms with Crippen LogP contribution in [0, 0.1) is 19.8 Å². The third-order valence-corrected chi connectivity index (χ3v) is 3.95. The van der Waals surface area contributed by atoms with Gasteiger partial charge in [0.25, 0.3) is 5.91 Å². The van der Waals surface area contributed by atoms with Crippen LogP contribution in [0.2, 0.25) is 0 Å². The van der Waals surface area contributed by atoms with E-state index >= 15 is 0 Å². The molecule has 5 heteroatoms. The molecule has 1 aliphatic rings. The molecular weight excluding hydrogens is 252 g/mol. The van der Waals surface area contributed by atoms with Gasteiger partial charge in [-0.3, -0.25) is 4.79 Å². The number of nitrogens with zero attached hydrogens (tertiary/aromatic N) is 4. The molecule has 2 aromatic heterocycles. The van der Waals surface area contributed by atoms with E-state index in [1.165, 1.54) is 6.42 Å². The van der Waals surface area contributed by atoms with Crippen LogP contribution in [-0.4, -0.2) is 38.5 Å². The van der Waals surface area contributed by atoms with Gasteiger partial charge in [0.05, 0.1) is 6.20 Å². The second kappa shape index (κ2) is 4.89. The maximum Gasteiger partial charge on any atom is 0.259 e. The molecule has 20 heavy (non-hydrogen) atoms. The van der Waals surface area contributed by atoms with Gasteiger partial charge in [-0.05, 0) is 38.7 Å². The number of piperidine rings is 1. The van der Waals surface area contributed by atoms with Gasteiger partial charge >= 0.3 is 0 Å². The van der Waals surface area contributed by atoms with Crippen LogP contribution in [0.3, 0.4) is 0 Å². The fraction of sp³-hybridized carbons (Fsp3) is 0.533. The van der Waals surface area contributed by atoms with Crippen molar-refractivity contribution in [1.82, 2.24) is 19.5 Å². The van der Waals surface area contributed by atoms with Crippen LogP contribution < -0.4 is 0 Å². The molecule has 0 aromatic carbocycles. The Labute approximate surface area is 118 Å². The number of likely N-dealkylation sites (tertiary alicyclic amines) is 1. The van der Waals surface area contributed by atoms with Crippen molar-refractivity contribution in [3.8, 4) is 0 Å². The number of aromatic nitrogens is 3. The largest absolute Gasteiger partial charge is 0.338 e. The molecule has 0 bridgehead atoms. The molecule has 106 valence electrons. The van der Waals surface area contributed by atoms with E-state index in [1.54, 1.807) is 10.7 Å². The lowest BCUT2D eigenvalue weighted by Gasteiger charge is -2.30. The normalized spacial score (nSPS) is 19.6. The van der Waals surface area contributed by atoms with E-state index in [2.05, 4.69) is 17.0 Å². The summed E-state index contributed by atoms with van der Waals surface area (Å²) in [5.41, 5.74) is 3.20. The summed E-state index contributed by atoms with van der Waals surface area (Å²) in [6.07, 6.45) is 3.93. The number of amides is 1. The summed E-state index contributed by atoms with van der Waals surface area (Å²) in [7, 11) is 0. The molecular formula is C15H20N4O. The van der Waals surface area contributed by atoms with E-state index in [1.807, 2.05) is 24.8 Å². The third kappa shape index (κ3) is 2.17. The van der Waals surface area contributed by atoms with E-state index in [4.69, 9.17) is 0 Å². The topological polar surface area (TPSA) is 50.5 Å². The number of rotatable bonds is 1. The molecule has 0 saturated carbocycles. The molecule has 3 heterocycles. The quantitative estimate of drug-likeness (QED) is 0.800. The number of hydrogen-bond acceptors (Lipinski definition) is 3. The van der Waals surface area contributed by atoms with Crippen molar-refractivity contribution in [2.24, 2.45) is 5.92 Å². The second-order valence-corrected chi connectivity index (χ2v) is 5.83. The summed E-state index contributed by atoms with van der Waals surface area (Å²) in [6.45, 7) is 7.79. The Morgan fingerprint density at radius 1 is 1.40 bits per heavy atom. The predicted molar refractivity (Wildman–Crippen MR) is 76.8 cm³/mol. The van der Waals surface area contributed by atoms with E-state index in [0.29, 0.717) is 17.1 Å². The van der Waals surface area contributed by atoms with Gasteiger partial charge in [0.2, 0.25) is 0 Å². The van der Waals surface area contributed by atoms with Crippen LogP contribution in [-0.2, 0) is 0 Å². The molecule has 0 spiro atoms. The van der Waals surface area contributed by atoms with Gasteiger partial charge in [-0.1, -0.05) is 6.92 Å². The smallest absolute Gasteiger partial charge is 0.259 e. The lowest BCUT2D eigenvalue weighted by atomic mass is 10.00. The zero-order chi connectivity index (χ0) is 14.3. The van der Waals surface area contributed by atoms with Gasteiger partial charge in [0, 0.05) is 24.5 Å². The SMILES string of the molecule is Cc1cc(C)n2ncc(C(=O)N3CCC[C@H](C)C3)c2n1. The highest BCUT2D eigenvalue weighted by Gasteiger charge is 2.25. The Hall–Kier alpha value is -1.91. The summed E-state index contributed by atoms with van der Waals surface area (Å²) in [6, 6.07) is 1.97. The molecule has 0 aliphatic carbocycles. The lowest BCUT2D eigenvalue weighted by molar-refractivity contribution is 0.0685. The first-order valence-corrected chi connectivity index (χ1v) is 7.17. The first-order chi connectivity index (χ1) is 9.56. The van der Waals surface area contributed by atoms with Crippen molar-refractivity contribution < 1.29 is 4.79 Å². The van der Waals surface area contributed by atoms with Gasteiger partial charge < -0.3 is 4.90 Å². The standard InChI is InChI=1S/C15H20N4O/c1-10-5-4-6-18(9-10)15(20)13-8-16-19-12(3)7-11(2)17-14(13)19/h7-8,10H,4-6,9H2,1-3H3/t10-/m0/s1. The molecule has 0 N–H and O–H groups in total. The highest BCUT2D eigenvalue weighted by Crippen LogP contribution is 2.20. The van der Waals surface area contributed by atoms with Crippen molar-refractivity contribution in [2.75, 3.05) is 13.1 Å². The second-order valence-electron chi connectivity index (χ2n) is 5.83. The molecule has 1 fully saturated rings. The molecule has 1 amide bonds. The van der Waals surface area contributed by atoms with Crippen LogP contribution >= 0.6 is 0 Å². The Morgan fingerprint density at radius 2 is 2.20 bits per heavy atom. The van der Waals surface area contributed by atoms with Crippen LogP contribution in [0.1, 0.15) is 41.5 Å². The average Bonchev–Trinajstić information content (AvgIpc) is 2.81. The monoisotopic (exact) mass is 272 g/mol. The number of aryl methyl sites for hydroxylation is 2. The zero-order valence-corrected chi connectivity index (χ0v) is 12.3. The van der Waals surface area contributed by atoms with Gasteiger partial charge in [0.1, 0.15) is 5.56 Å². The van der Waals surface area contributed by atoms with Crippen LogP contribution in [0.4, 0.5) is 0 Å².